The minimum Gasteiger partial charge on any atom is -0.497 e. The first-order valence-electron chi connectivity index (χ1n) is 7.40. The summed E-state index contributed by atoms with van der Waals surface area (Å²) in [7, 11) is 5.57. The van der Waals surface area contributed by atoms with Crippen molar-refractivity contribution in [2.45, 2.75) is 12.8 Å². The van der Waals surface area contributed by atoms with Crippen molar-refractivity contribution in [3.8, 4) is 5.75 Å². The molecule has 1 aliphatic heterocycles. The first kappa shape index (κ1) is 15.8. The highest BCUT2D eigenvalue weighted by Crippen LogP contribution is 2.15. The Morgan fingerprint density at radius 2 is 2.33 bits per heavy atom. The fourth-order valence-electron chi connectivity index (χ4n) is 2.64. The SMILES string of the molecule is CN=C(NOCC1CCCN(C)C1)c1cccc(OC)c1. The predicted molar refractivity (Wildman–Crippen MR) is 84.8 cm³/mol. The zero-order chi connectivity index (χ0) is 15.1. The molecular formula is C16H25N3O2. The van der Waals surface area contributed by atoms with E-state index in [9.17, 15) is 0 Å². The van der Waals surface area contributed by atoms with Crippen molar-refractivity contribution in [3.63, 3.8) is 0 Å². The molecule has 0 aromatic heterocycles. The highest BCUT2D eigenvalue weighted by Gasteiger charge is 2.17. The van der Waals surface area contributed by atoms with E-state index in [0.29, 0.717) is 12.5 Å². The molecule has 21 heavy (non-hydrogen) atoms. The average Bonchev–Trinajstić information content (AvgIpc) is 2.52. The molecule has 0 radical (unpaired) electrons. The number of nitrogens with zero attached hydrogens (tertiary/aromatic N) is 2. The summed E-state index contributed by atoms with van der Waals surface area (Å²) in [6.45, 7) is 2.99. The largest absolute Gasteiger partial charge is 0.497 e. The molecule has 1 fully saturated rings. The zero-order valence-corrected chi connectivity index (χ0v) is 13.1. The number of amidine groups is 1. The lowest BCUT2D eigenvalue weighted by atomic mass is 10.00. The molecule has 0 amide bonds. The number of benzene rings is 1. The van der Waals surface area contributed by atoms with E-state index in [4.69, 9.17) is 9.57 Å². The number of piperidine rings is 1. The number of hydrogen-bond donors (Lipinski definition) is 1. The van der Waals surface area contributed by atoms with Gasteiger partial charge in [0, 0.05) is 19.2 Å². The van der Waals surface area contributed by atoms with Gasteiger partial charge in [-0.15, -0.1) is 0 Å². The molecule has 0 spiro atoms. The van der Waals surface area contributed by atoms with Crippen molar-refractivity contribution in [2.24, 2.45) is 10.9 Å². The molecule has 1 aliphatic rings. The summed E-state index contributed by atoms with van der Waals surface area (Å²) in [5.41, 5.74) is 3.93. The maximum absolute atomic E-state index is 5.65. The second kappa shape index (κ2) is 8.00. The predicted octanol–water partition coefficient (Wildman–Crippen LogP) is 1.93. The average molecular weight is 291 g/mol. The van der Waals surface area contributed by atoms with Crippen LogP contribution in [0.25, 0.3) is 0 Å². The molecule has 1 aromatic carbocycles. The van der Waals surface area contributed by atoms with E-state index in [0.717, 1.165) is 23.7 Å². The lowest BCUT2D eigenvalue weighted by Crippen LogP contribution is -2.36. The van der Waals surface area contributed by atoms with Crippen LogP contribution in [0.3, 0.4) is 0 Å². The molecule has 1 unspecified atom stereocenters. The third kappa shape index (κ3) is 4.72. The van der Waals surface area contributed by atoms with Gasteiger partial charge in [-0.1, -0.05) is 12.1 Å². The maximum Gasteiger partial charge on any atom is 0.152 e. The van der Waals surface area contributed by atoms with E-state index in [-0.39, 0.29) is 0 Å². The summed E-state index contributed by atoms with van der Waals surface area (Å²) in [6, 6.07) is 7.77. The van der Waals surface area contributed by atoms with Crippen molar-refractivity contribution < 1.29 is 9.57 Å². The van der Waals surface area contributed by atoms with Gasteiger partial charge in [0.05, 0.1) is 13.7 Å². The molecule has 1 heterocycles. The first-order valence-corrected chi connectivity index (χ1v) is 7.40. The molecule has 5 heteroatoms. The quantitative estimate of drug-likeness (QED) is 0.511. The van der Waals surface area contributed by atoms with Gasteiger partial charge >= 0.3 is 0 Å². The van der Waals surface area contributed by atoms with Gasteiger partial charge in [-0.3, -0.25) is 9.83 Å². The number of hydrogen-bond acceptors (Lipinski definition) is 4. The fraction of sp³-hybridized carbons (Fsp3) is 0.562. The molecule has 1 saturated heterocycles. The van der Waals surface area contributed by atoms with Crippen LogP contribution in [0.1, 0.15) is 18.4 Å². The lowest BCUT2D eigenvalue weighted by Gasteiger charge is -2.29. The normalized spacial score (nSPS) is 20.3. The highest BCUT2D eigenvalue weighted by molar-refractivity contribution is 5.98. The fourth-order valence-corrected chi connectivity index (χ4v) is 2.64. The number of rotatable bonds is 5. The highest BCUT2D eigenvalue weighted by atomic mass is 16.6. The monoisotopic (exact) mass is 291 g/mol. The van der Waals surface area contributed by atoms with Crippen LogP contribution in [0.5, 0.6) is 5.75 Å². The Morgan fingerprint density at radius 1 is 1.48 bits per heavy atom. The van der Waals surface area contributed by atoms with E-state index in [1.54, 1.807) is 14.2 Å². The second-order valence-electron chi connectivity index (χ2n) is 5.49. The van der Waals surface area contributed by atoms with Crippen LogP contribution in [-0.4, -0.2) is 51.6 Å². The summed E-state index contributed by atoms with van der Waals surface area (Å²) < 4.78 is 5.23. The smallest absolute Gasteiger partial charge is 0.152 e. The van der Waals surface area contributed by atoms with Crippen LogP contribution < -0.4 is 10.2 Å². The Morgan fingerprint density at radius 3 is 3.05 bits per heavy atom. The van der Waals surface area contributed by atoms with Crippen LogP contribution in [-0.2, 0) is 4.84 Å². The zero-order valence-electron chi connectivity index (χ0n) is 13.1. The molecule has 1 N–H and O–H groups in total. The molecule has 116 valence electrons. The van der Waals surface area contributed by atoms with Gasteiger partial charge in [0.1, 0.15) is 5.75 Å². The Balaban J connectivity index is 1.85. The van der Waals surface area contributed by atoms with Crippen molar-refractivity contribution in [1.82, 2.24) is 10.4 Å². The van der Waals surface area contributed by atoms with Crippen LogP contribution >= 0.6 is 0 Å². The molecular weight excluding hydrogens is 266 g/mol. The van der Waals surface area contributed by atoms with Crippen LogP contribution in [0.4, 0.5) is 0 Å². The summed E-state index contributed by atoms with van der Waals surface area (Å²) in [5.74, 6) is 2.11. The number of nitrogens with one attached hydrogen (secondary N) is 1. The van der Waals surface area contributed by atoms with Gasteiger partial charge in [0.15, 0.2) is 5.84 Å². The molecule has 1 atom stereocenters. The van der Waals surface area contributed by atoms with Crippen molar-refractivity contribution in [3.05, 3.63) is 29.8 Å². The molecule has 2 rings (SSSR count). The number of ether oxygens (including phenoxy) is 1. The standard InChI is InChI=1S/C16H25N3O2/c1-17-16(14-7-4-8-15(10-14)20-3)18-21-12-13-6-5-9-19(2)11-13/h4,7-8,10,13H,5-6,9,11-12H2,1-3H3,(H,17,18). The van der Waals surface area contributed by atoms with Crippen molar-refractivity contribution >= 4 is 5.84 Å². The Kier molecular flexibility index (Phi) is 6.02. The first-order chi connectivity index (χ1) is 10.2. The van der Waals surface area contributed by atoms with Crippen LogP contribution in [0.15, 0.2) is 29.3 Å². The third-order valence-corrected chi connectivity index (χ3v) is 3.78. The van der Waals surface area contributed by atoms with E-state index in [1.165, 1.54) is 19.4 Å². The van der Waals surface area contributed by atoms with E-state index in [2.05, 4.69) is 22.4 Å². The van der Waals surface area contributed by atoms with E-state index < -0.39 is 0 Å². The number of aliphatic imine (C=N–C) groups is 1. The van der Waals surface area contributed by atoms with Crippen molar-refractivity contribution in [2.75, 3.05) is 40.9 Å². The summed E-state index contributed by atoms with van der Waals surface area (Å²) in [4.78, 5) is 12.3. The van der Waals surface area contributed by atoms with Gasteiger partial charge in [-0.05, 0) is 44.5 Å². The minimum atomic E-state index is 0.583. The van der Waals surface area contributed by atoms with Crippen molar-refractivity contribution in [1.29, 1.82) is 0 Å². The summed E-state index contributed by atoms with van der Waals surface area (Å²) >= 11 is 0. The van der Waals surface area contributed by atoms with Gasteiger partial charge in [0.25, 0.3) is 0 Å². The van der Waals surface area contributed by atoms with E-state index >= 15 is 0 Å². The topological polar surface area (TPSA) is 46.1 Å². The van der Waals surface area contributed by atoms with Gasteiger partial charge in [0.2, 0.25) is 0 Å². The summed E-state index contributed by atoms with van der Waals surface area (Å²) in [5, 5.41) is 0. The molecule has 5 nitrogen and oxygen atoms in total. The number of likely N-dealkylation sites (tertiary alicyclic amines) is 1. The maximum atomic E-state index is 5.65. The van der Waals surface area contributed by atoms with Gasteiger partial charge in [-0.25, -0.2) is 5.48 Å². The molecule has 1 aromatic rings. The Labute approximate surface area is 126 Å². The van der Waals surface area contributed by atoms with Gasteiger partial charge < -0.3 is 9.64 Å². The number of methoxy groups -OCH3 is 1. The van der Waals surface area contributed by atoms with E-state index in [1.807, 2.05) is 24.3 Å². The van der Waals surface area contributed by atoms with Crippen LogP contribution in [0, 0.1) is 5.92 Å². The third-order valence-electron chi connectivity index (χ3n) is 3.78. The minimum absolute atomic E-state index is 0.583. The molecule has 0 aliphatic carbocycles. The summed E-state index contributed by atoms with van der Waals surface area (Å²) in [6.07, 6.45) is 2.47. The molecule has 0 saturated carbocycles. The van der Waals surface area contributed by atoms with Gasteiger partial charge in [-0.2, -0.15) is 0 Å². The lowest BCUT2D eigenvalue weighted by molar-refractivity contribution is 0.0332. The number of hydroxylamine groups is 1. The molecule has 0 bridgehead atoms. The van der Waals surface area contributed by atoms with Crippen LogP contribution in [0.2, 0.25) is 0 Å². The second-order valence-corrected chi connectivity index (χ2v) is 5.49. The Hall–Kier alpha value is -1.59. The Bertz CT molecular complexity index is 476.